The summed E-state index contributed by atoms with van der Waals surface area (Å²) in [4.78, 5) is 23.4. The van der Waals surface area contributed by atoms with Crippen molar-refractivity contribution in [3.8, 4) is 11.5 Å². The quantitative estimate of drug-likeness (QED) is 0.358. The second-order valence-corrected chi connectivity index (χ2v) is 8.01. The number of amides is 1. The first kappa shape index (κ1) is 23.9. The van der Waals surface area contributed by atoms with Gasteiger partial charge in [0.1, 0.15) is 18.1 Å². The van der Waals surface area contributed by atoms with Gasteiger partial charge in [-0.25, -0.2) is 0 Å². The maximum absolute atomic E-state index is 12.7. The third kappa shape index (κ3) is 7.38. The first-order valence-corrected chi connectivity index (χ1v) is 11.0. The molecule has 0 unspecified atom stereocenters. The predicted octanol–water partition coefficient (Wildman–Crippen LogP) is 5.88. The molecule has 0 aliphatic carbocycles. The highest BCUT2D eigenvalue weighted by atomic mass is 16.5. The number of carbonyl (C=O) groups is 2. The fourth-order valence-corrected chi connectivity index (χ4v) is 3.18. The summed E-state index contributed by atoms with van der Waals surface area (Å²) in [6.45, 7) is 4.97. The molecule has 0 aromatic heterocycles. The van der Waals surface area contributed by atoms with Crippen LogP contribution in [0.3, 0.4) is 0 Å². The molecule has 33 heavy (non-hydrogen) atoms. The lowest BCUT2D eigenvalue weighted by molar-refractivity contribution is -0.137. The van der Waals surface area contributed by atoms with Crippen molar-refractivity contribution in [2.45, 2.75) is 39.2 Å². The molecule has 0 heterocycles. The Labute approximate surface area is 194 Å². The summed E-state index contributed by atoms with van der Waals surface area (Å²) in [5.74, 6) is 0.559. The number of carboxylic acid groups (broad SMARTS) is 1. The number of para-hydroxylation sites is 1. The number of rotatable bonds is 11. The van der Waals surface area contributed by atoms with Crippen LogP contribution in [0.5, 0.6) is 11.5 Å². The van der Waals surface area contributed by atoms with Crippen LogP contribution in [0, 0.1) is 0 Å². The van der Waals surface area contributed by atoms with E-state index >= 15 is 0 Å². The van der Waals surface area contributed by atoms with Crippen LogP contribution in [-0.4, -0.2) is 23.6 Å². The van der Waals surface area contributed by atoms with Gasteiger partial charge in [0.2, 0.25) is 0 Å². The van der Waals surface area contributed by atoms with Gasteiger partial charge in [-0.1, -0.05) is 50.2 Å². The van der Waals surface area contributed by atoms with Crippen LogP contribution in [0.4, 0.5) is 5.69 Å². The molecular formula is C27H29NO5. The fraction of sp³-hybridized carbons (Fsp3) is 0.259. The van der Waals surface area contributed by atoms with Crippen LogP contribution in [0.2, 0.25) is 0 Å². The molecule has 3 rings (SSSR count). The van der Waals surface area contributed by atoms with E-state index in [9.17, 15) is 9.59 Å². The van der Waals surface area contributed by atoms with Crippen molar-refractivity contribution in [2.24, 2.45) is 0 Å². The summed E-state index contributed by atoms with van der Waals surface area (Å²) in [6.07, 6.45) is 0.393. The number of carboxylic acids is 1. The molecule has 3 aromatic carbocycles. The maximum Gasteiger partial charge on any atom is 0.303 e. The van der Waals surface area contributed by atoms with Crippen molar-refractivity contribution < 1.29 is 24.2 Å². The van der Waals surface area contributed by atoms with Gasteiger partial charge in [0, 0.05) is 12.1 Å². The van der Waals surface area contributed by atoms with E-state index in [0.29, 0.717) is 35.9 Å². The molecule has 6 heteroatoms. The SMILES string of the molecule is CC(C)c1ccc(OCc2ccc(NC(=O)c3ccccc3OCCCC(=O)O)cc2)cc1. The second-order valence-electron chi connectivity index (χ2n) is 8.01. The zero-order chi connectivity index (χ0) is 23.6. The third-order valence-electron chi connectivity index (χ3n) is 5.09. The van der Waals surface area contributed by atoms with Crippen molar-refractivity contribution in [3.63, 3.8) is 0 Å². The van der Waals surface area contributed by atoms with Crippen LogP contribution in [0.1, 0.15) is 54.1 Å². The lowest BCUT2D eigenvalue weighted by atomic mass is 10.0. The van der Waals surface area contributed by atoms with Gasteiger partial charge < -0.3 is 19.9 Å². The molecule has 0 radical (unpaired) electrons. The second kappa shape index (κ2) is 11.7. The number of ether oxygens (including phenoxy) is 2. The van der Waals surface area contributed by atoms with E-state index in [1.165, 1.54) is 5.56 Å². The van der Waals surface area contributed by atoms with Crippen LogP contribution in [0.25, 0.3) is 0 Å². The zero-order valence-electron chi connectivity index (χ0n) is 18.9. The summed E-state index contributed by atoms with van der Waals surface area (Å²) in [5, 5.41) is 11.6. The third-order valence-corrected chi connectivity index (χ3v) is 5.09. The molecule has 2 N–H and O–H groups in total. The van der Waals surface area contributed by atoms with Gasteiger partial charge in [0.15, 0.2) is 0 Å². The minimum atomic E-state index is -0.873. The summed E-state index contributed by atoms with van der Waals surface area (Å²) in [7, 11) is 0. The molecule has 3 aromatic rings. The highest BCUT2D eigenvalue weighted by molar-refractivity contribution is 6.06. The van der Waals surface area contributed by atoms with Crippen LogP contribution < -0.4 is 14.8 Å². The number of benzene rings is 3. The summed E-state index contributed by atoms with van der Waals surface area (Å²) in [6, 6.07) is 22.5. The van der Waals surface area contributed by atoms with Crippen molar-refractivity contribution >= 4 is 17.6 Å². The predicted molar refractivity (Wildman–Crippen MR) is 128 cm³/mol. The van der Waals surface area contributed by atoms with E-state index in [1.807, 2.05) is 36.4 Å². The molecule has 0 bridgehead atoms. The highest BCUT2D eigenvalue weighted by Gasteiger charge is 2.13. The minimum Gasteiger partial charge on any atom is -0.493 e. The topological polar surface area (TPSA) is 84.9 Å². The number of hydrogen-bond acceptors (Lipinski definition) is 4. The van der Waals surface area contributed by atoms with Gasteiger partial charge in [-0.15, -0.1) is 0 Å². The Hall–Kier alpha value is -3.80. The number of nitrogens with one attached hydrogen (secondary N) is 1. The lowest BCUT2D eigenvalue weighted by Gasteiger charge is -2.12. The van der Waals surface area contributed by atoms with E-state index in [4.69, 9.17) is 14.6 Å². The summed E-state index contributed by atoms with van der Waals surface area (Å²) < 4.78 is 11.5. The molecule has 0 fully saturated rings. The van der Waals surface area contributed by atoms with Crippen molar-refractivity contribution in [1.29, 1.82) is 0 Å². The Morgan fingerprint density at radius 3 is 2.27 bits per heavy atom. The van der Waals surface area contributed by atoms with E-state index < -0.39 is 5.97 Å². The molecule has 0 spiro atoms. The van der Waals surface area contributed by atoms with Crippen LogP contribution in [-0.2, 0) is 11.4 Å². The number of anilines is 1. The number of aliphatic carboxylic acids is 1. The normalized spacial score (nSPS) is 10.6. The summed E-state index contributed by atoms with van der Waals surface area (Å²) >= 11 is 0. The molecule has 0 aliphatic rings. The average molecular weight is 448 g/mol. The maximum atomic E-state index is 12.7. The minimum absolute atomic E-state index is 0.0215. The van der Waals surface area contributed by atoms with Crippen LogP contribution >= 0.6 is 0 Å². The molecule has 6 nitrogen and oxygen atoms in total. The van der Waals surface area contributed by atoms with Gasteiger partial charge in [-0.2, -0.15) is 0 Å². The Morgan fingerprint density at radius 2 is 1.61 bits per heavy atom. The van der Waals surface area contributed by atoms with E-state index in [1.54, 1.807) is 24.3 Å². The molecule has 172 valence electrons. The van der Waals surface area contributed by atoms with Gasteiger partial charge in [0.25, 0.3) is 5.91 Å². The van der Waals surface area contributed by atoms with E-state index in [2.05, 4.69) is 31.3 Å². The average Bonchev–Trinajstić information content (AvgIpc) is 2.81. The monoisotopic (exact) mass is 447 g/mol. The van der Waals surface area contributed by atoms with E-state index in [0.717, 1.165) is 11.3 Å². The van der Waals surface area contributed by atoms with Gasteiger partial charge >= 0.3 is 5.97 Å². The Bertz CT molecular complexity index is 1060. The Kier molecular flexibility index (Phi) is 8.47. The van der Waals surface area contributed by atoms with Gasteiger partial charge in [-0.05, 0) is 59.9 Å². The standard InChI is InChI=1S/C27H29NO5/c1-19(2)21-11-15-23(16-12-21)33-18-20-9-13-22(14-10-20)28-27(31)24-6-3-4-7-25(24)32-17-5-8-26(29)30/h3-4,6-7,9-16,19H,5,8,17-18H2,1-2H3,(H,28,31)(H,29,30). The number of hydrogen-bond donors (Lipinski definition) is 2. The Morgan fingerprint density at radius 1 is 0.909 bits per heavy atom. The van der Waals surface area contributed by atoms with Crippen molar-refractivity contribution in [2.75, 3.05) is 11.9 Å². The first-order chi connectivity index (χ1) is 15.9. The molecule has 0 atom stereocenters. The molecule has 1 amide bonds. The number of carbonyl (C=O) groups excluding carboxylic acids is 1. The lowest BCUT2D eigenvalue weighted by Crippen LogP contribution is -2.14. The highest BCUT2D eigenvalue weighted by Crippen LogP contribution is 2.22. The largest absolute Gasteiger partial charge is 0.493 e. The zero-order valence-corrected chi connectivity index (χ0v) is 18.9. The van der Waals surface area contributed by atoms with Gasteiger partial charge in [0.05, 0.1) is 12.2 Å². The van der Waals surface area contributed by atoms with Crippen molar-refractivity contribution in [1.82, 2.24) is 0 Å². The van der Waals surface area contributed by atoms with Gasteiger partial charge in [-0.3, -0.25) is 9.59 Å². The summed E-state index contributed by atoms with van der Waals surface area (Å²) in [5.41, 5.74) is 3.31. The smallest absolute Gasteiger partial charge is 0.303 e. The molecule has 0 saturated heterocycles. The van der Waals surface area contributed by atoms with Crippen molar-refractivity contribution in [3.05, 3.63) is 89.5 Å². The van der Waals surface area contributed by atoms with Crippen LogP contribution in [0.15, 0.2) is 72.8 Å². The molecule has 0 saturated carbocycles. The molecular weight excluding hydrogens is 418 g/mol. The Balaban J connectivity index is 1.54. The molecule has 0 aliphatic heterocycles. The first-order valence-electron chi connectivity index (χ1n) is 11.0. The van der Waals surface area contributed by atoms with E-state index in [-0.39, 0.29) is 18.9 Å². The fourth-order valence-electron chi connectivity index (χ4n) is 3.18.